The molecule has 0 atom stereocenters. The van der Waals surface area contributed by atoms with Crippen LogP contribution in [0.2, 0.25) is 0 Å². The van der Waals surface area contributed by atoms with Crippen LogP contribution in [0.1, 0.15) is 26.3 Å². The highest BCUT2D eigenvalue weighted by molar-refractivity contribution is 5.95. The van der Waals surface area contributed by atoms with Crippen LogP contribution in [0.15, 0.2) is 59.3 Å². The van der Waals surface area contributed by atoms with E-state index in [1.807, 2.05) is 12.4 Å². The van der Waals surface area contributed by atoms with Gasteiger partial charge in [-0.05, 0) is 62.2 Å². The zero-order valence-corrected chi connectivity index (χ0v) is 17.8. The second-order valence-electron chi connectivity index (χ2n) is 8.70. The Labute approximate surface area is 177 Å². The molecule has 0 radical (unpaired) electrons. The molecule has 5 heteroatoms. The second-order valence-corrected chi connectivity index (χ2v) is 8.70. The highest BCUT2D eigenvalue weighted by atomic mass is 16.4. The summed E-state index contributed by atoms with van der Waals surface area (Å²) in [6.45, 7) is 9.69. The predicted octanol–water partition coefficient (Wildman–Crippen LogP) is 5.24. The lowest BCUT2D eigenvalue weighted by molar-refractivity contribution is 0.353. The third kappa shape index (κ3) is 3.39. The molecular formula is C25H28N4O. The van der Waals surface area contributed by atoms with Crippen molar-refractivity contribution >= 4 is 16.6 Å². The molecule has 3 heterocycles. The fourth-order valence-corrected chi connectivity index (χ4v) is 4.43. The van der Waals surface area contributed by atoms with Crippen molar-refractivity contribution in [1.29, 1.82) is 0 Å². The molecule has 1 fully saturated rings. The van der Waals surface area contributed by atoms with E-state index in [9.17, 15) is 0 Å². The Kier molecular flexibility index (Phi) is 4.63. The van der Waals surface area contributed by atoms with Gasteiger partial charge in [-0.25, -0.2) is 4.98 Å². The van der Waals surface area contributed by atoms with Gasteiger partial charge in [-0.1, -0.05) is 13.0 Å². The summed E-state index contributed by atoms with van der Waals surface area (Å²) in [6, 6.07) is 15.0. The molecule has 2 aromatic heterocycles. The highest BCUT2D eigenvalue weighted by Gasteiger charge is 2.25. The van der Waals surface area contributed by atoms with Crippen LogP contribution in [0.25, 0.3) is 33.7 Å². The van der Waals surface area contributed by atoms with E-state index in [1.165, 1.54) is 11.3 Å². The maximum absolute atomic E-state index is 6.18. The number of oxazole rings is 1. The zero-order chi connectivity index (χ0) is 20.7. The maximum atomic E-state index is 6.18. The molecular weight excluding hydrogens is 372 g/mol. The molecule has 2 N–H and O–H groups in total. The molecule has 1 saturated heterocycles. The summed E-state index contributed by atoms with van der Waals surface area (Å²) in [5, 5.41) is 4.72. The number of anilines is 1. The summed E-state index contributed by atoms with van der Waals surface area (Å²) in [5.41, 5.74) is 5.91. The van der Waals surface area contributed by atoms with Gasteiger partial charge in [0.2, 0.25) is 5.89 Å². The van der Waals surface area contributed by atoms with Crippen molar-refractivity contribution in [2.75, 3.05) is 24.5 Å². The Bertz CT molecular complexity index is 1170. The number of aromatic nitrogens is 2. The molecule has 2 aromatic carbocycles. The number of nitrogens with one attached hydrogen (secondary N) is 2. The fraction of sp³-hybridized carbons (Fsp3) is 0.320. The van der Waals surface area contributed by atoms with Gasteiger partial charge in [-0.15, -0.1) is 0 Å². The van der Waals surface area contributed by atoms with Gasteiger partial charge in [-0.3, -0.25) is 0 Å². The maximum Gasteiger partial charge on any atom is 0.227 e. The van der Waals surface area contributed by atoms with Crippen LogP contribution in [-0.4, -0.2) is 35.1 Å². The topological polar surface area (TPSA) is 57.1 Å². The minimum absolute atomic E-state index is 0.133. The fourth-order valence-electron chi connectivity index (χ4n) is 4.43. The van der Waals surface area contributed by atoms with Gasteiger partial charge in [0.15, 0.2) is 5.76 Å². The lowest BCUT2D eigenvalue weighted by atomic mass is 10.0. The van der Waals surface area contributed by atoms with Crippen LogP contribution < -0.4 is 10.2 Å². The summed E-state index contributed by atoms with van der Waals surface area (Å²) in [7, 11) is 0. The standard InChI is InChI=1S/C25H28N4O/c1-4-17-7-10-21(20-11-12-26-23(17)20)24-27-15-22(30-24)18-5-8-19(9-6-18)29-14-13-28-25(2,3)16-29/h5-12,15,26,28H,4,13-14,16H2,1-3H3. The average molecular weight is 401 g/mol. The molecule has 30 heavy (non-hydrogen) atoms. The van der Waals surface area contributed by atoms with Crippen molar-refractivity contribution in [2.24, 2.45) is 0 Å². The Morgan fingerprint density at radius 1 is 1.10 bits per heavy atom. The molecule has 154 valence electrons. The number of nitrogens with zero attached hydrogens (tertiary/aromatic N) is 2. The first-order valence-corrected chi connectivity index (χ1v) is 10.7. The third-order valence-corrected chi connectivity index (χ3v) is 6.01. The van der Waals surface area contributed by atoms with Crippen molar-refractivity contribution in [3.63, 3.8) is 0 Å². The largest absolute Gasteiger partial charge is 0.436 e. The lowest BCUT2D eigenvalue weighted by Crippen LogP contribution is -2.57. The summed E-state index contributed by atoms with van der Waals surface area (Å²) in [6.07, 6.45) is 4.79. The van der Waals surface area contributed by atoms with Gasteiger partial charge in [0.05, 0.1) is 6.20 Å². The minimum atomic E-state index is 0.133. The van der Waals surface area contributed by atoms with Crippen molar-refractivity contribution in [2.45, 2.75) is 32.7 Å². The van der Waals surface area contributed by atoms with E-state index < -0.39 is 0 Å². The average Bonchev–Trinajstić information content (AvgIpc) is 3.43. The zero-order valence-electron chi connectivity index (χ0n) is 17.8. The SMILES string of the molecule is CCc1ccc(-c2ncc(-c3ccc(N4CCNC(C)(C)C4)cc3)o2)c2cc[nH]c12. The van der Waals surface area contributed by atoms with Crippen molar-refractivity contribution in [1.82, 2.24) is 15.3 Å². The number of H-pyrrole nitrogens is 1. The lowest BCUT2D eigenvalue weighted by Gasteiger charge is -2.40. The predicted molar refractivity (Wildman–Crippen MR) is 123 cm³/mol. The van der Waals surface area contributed by atoms with E-state index in [2.05, 4.69) is 83.4 Å². The summed E-state index contributed by atoms with van der Waals surface area (Å²) < 4.78 is 6.18. The normalized spacial score (nSPS) is 16.3. The van der Waals surface area contributed by atoms with E-state index in [4.69, 9.17) is 4.42 Å². The number of hydrogen-bond donors (Lipinski definition) is 2. The van der Waals surface area contributed by atoms with Gasteiger partial charge in [0, 0.05) is 59.1 Å². The molecule has 5 nitrogen and oxygen atoms in total. The molecule has 1 aliphatic rings. The van der Waals surface area contributed by atoms with E-state index in [-0.39, 0.29) is 5.54 Å². The Morgan fingerprint density at radius 2 is 1.93 bits per heavy atom. The first-order valence-electron chi connectivity index (χ1n) is 10.7. The monoisotopic (exact) mass is 400 g/mol. The van der Waals surface area contributed by atoms with Crippen molar-refractivity contribution in [3.8, 4) is 22.8 Å². The van der Waals surface area contributed by atoms with E-state index >= 15 is 0 Å². The Balaban J connectivity index is 1.42. The summed E-state index contributed by atoms with van der Waals surface area (Å²) in [4.78, 5) is 10.4. The van der Waals surface area contributed by atoms with Gasteiger partial charge in [-0.2, -0.15) is 0 Å². The number of fused-ring (bicyclic) bond motifs is 1. The molecule has 0 unspecified atom stereocenters. The quantitative estimate of drug-likeness (QED) is 0.492. The number of benzene rings is 2. The number of hydrogen-bond acceptors (Lipinski definition) is 4. The molecule has 4 aromatic rings. The molecule has 0 spiro atoms. The van der Waals surface area contributed by atoms with E-state index in [1.54, 1.807) is 0 Å². The first-order chi connectivity index (χ1) is 14.5. The van der Waals surface area contributed by atoms with Crippen LogP contribution >= 0.6 is 0 Å². The third-order valence-electron chi connectivity index (χ3n) is 6.01. The number of aromatic amines is 1. The van der Waals surface area contributed by atoms with Gasteiger partial charge in [0.1, 0.15) is 0 Å². The molecule has 0 bridgehead atoms. The molecule has 0 aliphatic carbocycles. The van der Waals surface area contributed by atoms with Crippen molar-refractivity contribution < 1.29 is 4.42 Å². The van der Waals surface area contributed by atoms with E-state index in [0.29, 0.717) is 5.89 Å². The Morgan fingerprint density at radius 3 is 2.70 bits per heavy atom. The van der Waals surface area contributed by atoms with Crippen LogP contribution in [0, 0.1) is 0 Å². The van der Waals surface area contributed by atoms with Gasteiger partial charge < -0.3 is 19.6 Å². The van der Waals surface area contributed by atoms with Crippen LogP contribution in [-0.2, 0) is 6.42 Å². The van der Waals surface area contributed by atoms with Crippen molar-refractivity contribution in [3.05, 3.63) is 60.4 Å². The first kappa shape index (κ1) is 18.9. The number of rotatable bonds is 4. The molecule has 0 amide bonds. The number of aryl methyl sites for hydroxylation is 1. The highest BCUT2D eigenvalue weighted by Crippen LogP contribution is 2.33. The van der Waals surface area contributed by atoms with Crippen LogP contribution in [0.3, 0.4) is 0 Å². The Hall–Kier alpha value is -3.05. The minimum Gasteiger partial charge on any atom is -0.436 e. The van der Waals surface area contributed by atoms with E-state index in [0.717, 1.165) is 53.8 Å². The molecule has 5 rings (SSSR count). The second kappa shape index (κ2) is 7.33. The van der Waals surface area contributed by atoms with Gasteiger partial charge >= 0.3 is 0 Å². The van der Waals surface area contributed by atoms with Crippen LogP contribution in [0.4, 0.5) is 5.69 Å². The number of piperazine rings is 1. The summed E-state index contributed by atoms with van der Waals surface area (Å²) in [5.74, 6) is 1.45. The smallest absolute Gasteiger partial charge is 0.227 e. The molecule has 1 aliphatic heterocycles. The van der Waals surface area contributed by atoms with Gasteiger partial charge in [0.25, 0.3) is 0 Å². The summed E-state index contributed by atoms with van der Waals surface area (Å²) >= 11 is 0. The molecule has 0 saturated carbocycles. The van der Waals surface area contributed by atoms with Crippen LogP contribution in [0.5, 0.6) is 0 Å².